The number of hydrogen-bond acceptors (Lipinski definition) is 4. The molecule has 0 aliphatic rings. The topological polar surface area (TPSA) is 79.5 Å². The zero-order valence-corrected chi connectivity index (χ0v) is 12.8. The molecule has 0 bridgehead atoms. The zero-order valence-electron chi connectivity index (χ0n) is 12.8. The van der Waals surface area contributed by atoms with Crippen molar-refractivity contribution in [3.63, 3.8) is 0 Å². The SMILES string of the molecule is C/C(=N/NC(=O)CNc1ccc(C)cc1)c1ccc(N)cc1. The largest absolute Gasteiger partial charge is 0.399 e. The van der Waals surface area contributed by atoms with Crippen LogP contribution in [0.15, 0.2) is 53.6 Å². The smallest absolute Gasteiger partial charge is 0.259 e. The maximum absolute atomic E-state index is 11.8. The number of nitrogens with one attached hydrogen (secondary N) is 2. The highest BCUT2D eigenvalue weighted by atomic mass is 16.2. The monoisotopic (exact) mass is 296 g/mol. The Kier molecular flexibility index (Phi) is 5.14. The van der Waals surface area contributed by atoms with E-state index >= 15 is 0 Å². The summed E-state index contributed by atoms with van der Waals surface area (Å²) in [5.74, 6) is -0.199. The molecule has 0 aliphatic carbocycles. The summed E-state index contributed by atoms with van der Waals surface area (Å²) in [5, 5.41) is 7.13. The van der Waals surface area contributed by atoms with Crippen LogP contribution >= 0.6 is 0 Å². The molecule has 114 valence electrons. The Bertz CT molecular complexity index is 660. The predicted molar refractivity (Wildman–Crippen MR) is 90.9 cm³/mol. The van der Waals surface area contributed by atoms with E-state index in [1.807, 2.05) is 50.2 Å². The van der Waals surface area contributed by atoms with E-state index < -0.39 is 0 Å². The van der Waals surface area contributed by atoms with E-state index in [9.17, 15) is 4.79 Å². The first-order chi connectivity index (χ1) is 10.5. The lowest BCUT2D eigenvalue weighted by atomic mass is 10.1. The molecule has 2 rings (SSSR count). The summed E-state index contributed by atoms with van der Waals surface area (Å²) in [5.41, 5.74) is 12.6. The van der Waals surface area contributed by atoms with E-state index in [4.69, 9.17) is 5.73 Å². The van der Waals surface area contributed by atoms with E-state index in [2.05, 4.69) is 15.8 Å². The molecule has 0 aromatic heterocycles. The third-order valence-electron chi connectivity index (χ3n) is 3.18. The number of carbonyl (C=O) groups is 1. The lowest BCUT2D eigenvalue weighted by Crippen LogP contribution is -2.26. The highest BCUT2D eigenvalue weighted by molar-refractivity contribution is 5.99. The van der Waals surface area contributed by atoms with Crippen molar-refractivity contribution in [3.8, 4) is 0 Å². The molecule has 0 radical (unpaired) electrons. The lowest BCUT2D eigenvalue weighted by Gasteiger charge is -2.06. The Balaban J connectivity index is 1.85. The maximum Gasteiger partial charge on any atom is 0.259 e. The van der Waals surface area contributed by atoms with Crippen molar-refractivity contribution in [1.82, 2.24) is 5.43 Å². The Morgan fingerprint density at radius 2 is 1.73 bits per heavy atom. The minimum atomic E-state index is -0.199. The molecule has 5 nitrogen and oxygen atoms in total. The minimum absolute atomic E-state index is 0.168. The number of nitrogen functional groups attached to an aromatic ring is 1. The van der Waals surface area contributed by atoms with Crippen LogP contribution in [0.5, 0.6) is 0 Å². The van der Waals surface area contributed by atoms with E-state index in [1.165, 1.54) is 5.56 Å². The second-order valence-corrected chi connectivity index (χ2v) is 5.07. The molecule has 0 spiro atoms. The molecule has 0 unspecified atom stereocenters. The number of rotatable bonds is 5. The van der Waals surface area contributed by atoms with Gasteiger partial charge in [-0.3, -0.25) is 4.79 Å². The Hall–Kier alpha value is -2.82. The Morgan fingerprint density at radius 3 is 2.36 bits per heavy atom. The number of hydrogen-bond donors (Lipinski definition) is 3. The molecular formula is C17H20N4O. The van der Waals surface area contributed by atoms with E-state index in [1.54, 1.807) is 12.1 Å². The van der Waals surface area contributed by atoms with Crippen LogP contribution in [0.3, 0.4) is 0 Å². The van der Waals surface area contributed by atoms with E-state index in [0.717, 1.165) is 17.0 Å². The fraction of sp³-hybridized carbons (Fsp3) is 0.176. The lowest BCUT2D eigenvalue weighted by molar-refractivity contribution is -0.119. The van der Waals surface area contributed by atoms with Gasteiger partial charge in [0.15, 0.2) is 0 Å². The van der Waals surface area contributed by atoms with Crippen molar-refractivity contribution in [3.05, 3.63) is 59.7 Å². The van der Waals surface area contributed by atoms with Crippen molar-refractivity contribution in [2.75, 3.05) is 17.6 Å². The first-order valence-corrected chi connectivity index (χ1v) is 7.04. The molecule has 0 saturated heterocycles. The van der Waals surface area contributed by atoms with Crippen LogP contribution in [0.2, 0.25) is 0 Å². The van der Waals surface area contributed by atoms with Gasteiger partial charge in [-0.2, -0.15) is 5.10 Å². The predicted octanol–water partition coefficient (Wildman–Crippen LogP) is 2.53. The highest BCUT2D eigenvalue weighted by Gasteiger charge is 2.01. The van der Waals surface area contributed by atoms with Gasteiger partial charge >= 0.3 is 0 Å². The van der Waals surface area contributed by atoms with Gasteiger partial charge in [-0.25, -0.2) is 5.43 Å². The van der Waals surface area contributed by atoms with Gasteiger partial charge in [0.05, 0.1) is 12.3 Å². The molecule has 0 saturated carbocycles. The molecule has 4 N–H and O–H groups in total. The summed E-state index contributed by atoms with van der Waals surface area (Å²) >= 11 is 0. The van der Waals surface area contributed by atoms with Crippen LogP contribution in [-0.4, -0.2) is 18.2 Å². The van der Waals surface area contributed by atoms with E-state index in [-0.39, 0.29) is 12.5 Å². The highest BCUT2D eigenvalue weighted by Crippen LogP contribution is 2.08. The van der Waals surface area contributed by atoms with Gasteiger partial charge in [-0.1, -0.05) is 29.8 Å². The van der Waals surface area contributed by atoms with Crippen molar-refractivity contribution >= 4 is 23.0 Å². The molecule has 0 fully saturated rings. The van der Waals surface area contributed by atoms with Crippen molar-refractivity contribution in [2.24, 2.45) is 5.10 Å². The summed E-state index contributed by atoms with van der Waals surface area (Å²) in [6.45, 7) is 4.02. The normalized spacial score (nSPS) is 11.1. The van der Waals surface area contributed by atoms with E-state index in [0.29, 0.717) is 5.69 Å². The maximum atomic E-state index is 11.8. The first kappa shape index (κ1) is 15.6. The van der Waals surface area contributed by atoms with Crippen LogP contribution < -0.4 is 16.5 Å². The third-order valence-corrected chi connectivity index (χ3v) is 3.18. The van der Waals surface area contributed by atoms with Crippen molar-refractivity contribution in [1.29, 1.82) is 0 Å². The van der Waals surface area contributed by atoms with Crippen molar-refractivity contribution in [2.45, 2.75) is 13.8 Å². The number of amides is 1. The second kappa shape index (κ2) is 7.26. The molecule has 5 heteroatoms. The molecule has 1 amide bonds. The van der Waals surface area contributed by atoms with Gasteiger partial charge in [-0.15, -0.1) is 0 Å². The summed E-state index contributed by atoms with van der Waals surface area (Å²) in [6, 6.07) is 15.2. The van der Waals surface area contributed by atoms with Gasteiger partial charge in [0.2, 0.25) is 0 Å². The van der Waals surface area contributed by atoms with Gasteiger partial charge in [0, 0.05) is 11.4 Å². The van der Waals surface area contributed by atoms with Crippen LogP contribution in [0.4, 0.5) is 11.4 Å². The fourth-order valence-corrected chi connectivity index (χ4v) is 1.83. The van der Waals surface area contributed by atoms with Gasteiger partial charge in [-0.05, 0) is 43.7 Å². The van der Waals surface area contributed by atoms with Crippen molar-refractivity contribution < 1.29 is 4.79 Å². The molecule has 22 heavy (non-hydrogen) atoms. The number of benzene rings is 2. The number of nitrogens with zero attached hydrogens (tertiary/aromatic N) is 1. The quantitative estimate of drug-likeness (QED) is 0.450. The Morgan fingerprint density at radius 1 is 1.09 bits per heavy atom. The standard InChI is InChI=1S/C17H20N4O/c1-12-3-9-16(10-4-12)19-11-17(22)21-20-13(2)14-5-7-15(18)8-6-14/h3-10,19H,11,18H2,1-2H3,(H,21,22)/b20-13-. The summed E-state index contributed by atoms with van der Waals surface area (Å²) in [7, 11) is 0. The molecule has 2 aromatic rings. The summed E-state index contributed by atoms with van der Waals surface area (Å²) in [4.78, 5) is 11.8. The molecule has 0 aliphatic heterocycles. The number of carbonyl (C=O) groups excluding carboxylic acids is 1. The molecule has 0 atom stereocenters. The van der Waals surface area contributed by atoms with Crippen LogP contribution in [0.25, 0.3) is 0 Å². The zero-order chi connectivity index (χ0) is 15.9. The summed E-state index contributed by atoms with van der Waals surface area (Å²) < 4.78 is 0. The van der Waals surface area contributed by atoms with Gasteiger partial charge < -0.3 is 11.1 Å². The first-order valence-electron chi connectivity index (χ1n) is 7.04. The number of hydrazone groups is 1. The Labute approximate surface area is 130 Å². The number of anilines is 2. The van der Waals surface area contributed by atoms with Gasteiger partial charge in [0.1, 0.15) is 0 Å². The molecule has 2 aromatic carbocycles. The number of aryl methyl sites for hydroxylation is 1. The van der Waals surface area contributed by atoms with Crippen LogP contribution in [-0.2, 0) is 4.79 Å². The third kappa shape index (κ3) is 4.63. The average molecular weight is 296 g/mol. The fourth-order valence-electron chi connectivity index (χ4n) is 1.83. The molecule has 0 heterocycles. The average Bonchev–Trinajstić information content (AvgIpc) is 2.52. The molecular weight excluding hydrogens is 276 g/mol. The van der Waals surface area contributed by atoms with Crippen LogP contribution in [0, 0.1) is 6.92 Å². The number of nitrogens with two attached hydrogens (primary N) is 1. The van der Waals surface area contributed by atoms with Gasteiger partial charge in [0.25, 0.3) is 5.91 Å². The second-order valence-electron chi connectivity index (χ2n) is 5.07. The summed E-state index contributed by atoms with van der Waals surface area (Å²) in [6.07, 6.45) is 0. The van der Waals surface area contributed by atoms with Crippen LogP contribution in [0.1, 0.15) is 18.1 Å². The minimum Gasteiger partial charge on any atom is -0.399 e.